The molecule has 0 saturated carbocycles. The molecule has 3 unspecified atom stereocenters. The van der Waals surface area contributed by atoms with Crippen LogP contribution >= 0.6 is 23.4 Å². The molecule has 1 amide bonds. The summed E-state index contributed by atoms with van der Waals surface area (Å²) in [4.78, 5) is 13.3. The molecule has 0 aromatic heterocycles. The first-order chi connectivity index (χ1) is 16.7. The first-order valence-corrected chi connectivity index (χ1v) is 13.4. The molecule has 194 valence electrons. The number of amides is 1. The molecule has 2 fully saturated rings. The first-order valence-electron chi connectivity index (χ1n) is 11.7. The van der Waals surface area contributed by atoms with Gasteiger partial charge in [0.1, 0.15) is 41.7 Å². The maximum absolute atomic E-state index is 13.7. The van der Waals surface area contributed by atoms with Crippen molar-refractivity contribution in [3.8, 4) is 0 Å². The molecule has 0 radical (unpaired) electrons. The number of hydrogen-bond donors (Lipinski definition) is 5. The van der Waals surface area contributed by atoms with Crippen molar-refractivity contribution in [1.29, 1.82) is 0 Å². The predicted octanol–water partition coefficient (Wildman–Crippen LogP) is 0.869. The summed E-state index contributed by atoms with van der Waals surface area (Å²) in [5.41, 5.74) is 0.992. The largest absolute Gasteiger partial charge is 0.388 e. The summed E-state index contributed by atoms with van der Waals surface area (Å²) in [6.45, 7) is 2.55. The molecule has 0 spiro atoms. The molecule has 11 heteroatoms. The van der Waals surface area contributed by atoms with Crippen LogP contribution in [0.5, 0.6) is 0 Å². The molecule has 2 saturated heterocycles. The van der Waals surface area contributed by atoms with Crippen LogP contribution in [0.25, 0.3) is 5.57 Å². The summed E-state index contributed by atoms with van der Waals surface area (Å²) in [5.74, 6) is -0.760. The van der Waals surface area contributed by atoms with Gasteiger partial charge in [-0.05, 0) is 42.9 Å². The summed E-state index contributed by atoms with van der Waals surface area (Å²) in [7, 11) is 0. The number of aliphatic hydroxyl groups is 3. The van der Waals surface area contributed by atoms with Crippen molar-refractivity contribution < 1.29 is 34.0 Å². The lowest BCUT2D eigenvalue weighted by molar-refractivity contribution is -0.205. The number of nitrogens with one attached hydrogen (secondary N) is 2. The third-order valence-electron chi connectivity index (χ3n) is 6.90. The van der Waals surface area contributed by atoms with E-state index < -0.39 is 53.4 Å². The summed E-state index contributed by atoms with van der Waals surface area (Å²) in [6, 6.07) is 4.92. The molecule has 5 N–H and O–H groups in total. The Kier molecular flexibility index (Phi) is 8.76. The summed E-state index contributed by atoms with van der Waals surface area (Å²) in [5, 5.41) is 36.5. The molecule has 1 aromatic carbocycles. The van der Waals surface area contributed by atoms with Crippen LogP contribution in [0.2, 0.25) is 0 Å². The minimum atomic E-state index is -1.44. The normalized spacial score (nSPS) is 37.1. The van der Waals surface area contributed by atoms with Gasteiger partial charge in [-0.15, -0.1) is 23.4 Å². The highest BCUT2D eigenvalue weighted by atomic mass is 35.5. The second-order valence-corrected chi connectivity index (χ2v) is 10.9. The van der Waals surface area contributed by atoms with Crippen LogP contribution in [0.4, 0.5) is 4.39 Å². The zero-order valence-corrected chi connectivity index (χ0v) is 21.1. The number of carbonyl (C=O) groups excluding carboxylic acids is 1. The van der Waals surface area contributed by atoms with E-state index in [1.807, 2.05) is 12.1 Å². The number of fused-ring (bicyclic) bond motifs is 1. The summed E-state index contributed by atoms with van der Waals surface area (Å²) < 4.78 is 25.6. The Morgan fingerprint density at radius 2 is 2.06 bits per heavy atom. The van der Waals surface area contributed by atoms with Gasteiger partial charge >= 0.3 is 0 Å². The van der Waals surface area contributed by atoms with Gasteiger partial charge in [0.15, 0.2) is 0 Å². The van der Waals surface area contributed by atoms with Crippen LogP contribution in [0.15, 0.2) is 30.3 Å². The average molecular weight is 531 g/mol. The number of halogens is 2. The van der Waals surface area contributed by atoms with E-state index in [0.29, 0.717) is 19.6 Å². The van der Waals surface area contributed by atoms with Crippen molar-refractivity contribution in [2.24, 2.45) is 5.92 Å². The highest BCUT2D eigenvalue weighted by Gasteiger charge is 2.49. The van der Waals surface area contributed by atoms with Crippen molar-refractivity contribution in [3.63, 3.8) is 0 Å². The van der Waals surface area contributed by atoms with Gasteiger partial charge in [0, 0.05) is 12.5 Å². The maximum atomic E-state index is 13.7. The van der Waals surface area contributed by atoms with E-state index in [4.69, 9.17) is 21.1 Å². The van der Waals surface area contributed by atoms with Crippen LogP contribution < -0.4 is 10.6 Å². The molecule has 3 heterocycles. The second-order valence-electron chi connectivity index (χ2n) is 9.23. The third kappa shape index (κ3) is 5.70. The van der Waals surface area contributed by atoms with Gasteiger partial charge in [0.25, 0.3) is 0 Å². The van der Waals surface area contributed by atoms with Gasteiger partial charge in [-0.1, -0.05) is 18.2 Å². The Morgan fingerprint density at radius 1 is 1.29 bits per heavy atom. The number of hydrogen-bond acceptors (Lipinski definition) is 8. The van der Waals surface area contributed by atoms with Crippen molar-refractivity contribution in [2.75, 3.05) is 19.4 Å². The molecular weight excluding hydrogens is 499 g/mol. The van der Waals surface area contributed by atoms with Gasteiger partial charge < -0.3 is 35.4 Å². The molecule has 4 rings (SSSR count). The average Bonchev–Trinajstić information content (AvgIpc) is 3.11. The van der Waals surface area contributed by atoms with Crippen LogP contribution in [0.1, 0.15) is 18.9 Å². The Morgan fingerprint density at radius 3 is 2.74 bits per heavy atom. The van der Waals surface area contributed by atoms with Crippen molar-refractivity contribution in [2.45, 2.75) is 66.8 Å². The Balaban J connectivity index is 1.48. The lowest BCUT2D eigenvalue weighted by Crippen LogP contribution is -2.65. The standard InChI is InChI=1S/C24H32ClFN2O6S/c1-11(25)16(22-19(30)18(29)20(31)24(34-22)35-2)28-23(32)17-21-14(10-27-17)8-13(6-7-33-21)12-4-3-5-15(26)9-12/h3-5,8-9,11,14,16-22,24,27,29-31H,6-7,10H2,1-2H3,(H,28,32)/t11-,14-,16+,17-,18?,19?,20+,21+,22+,24?/m0/s1. The summed E-state index contributed by atoms with van der Waals surface area (Å²) >= 11 is 7.57. The van der Waals surface area contributed by atoms with E-state index in [2.05, 4.69) is 10.6 Å². The minimum Gasteiger partial charge on any atom is -0.388 e. The number of aliphatic hydroxyl groups excluding tert-OH is 3. The van der Waals surface area contributed by atoms with E-state index in [1.165, 1.54) is 23.9 Å². The van der Waals surface area contributed by atoms with Crippen molar-refractivity contribution >= 4 is 34.8 Å². The number of ether oxygens (including phenoxy) is 2. The second kappa shape index (κ2) is 11.4. The molecule has 0 bridgehead atoms. The Labute approximate surface area is 213 Å². The third-order valence-corrected chi connectivity index (χ3v) is 8.02. The van der Waals surface area contributed by atoms with E-state index in [9.17, 15) is 24.5 Å². The number of benzene rings is 1. The quantitative estimate of drug-likeness (QED) is 0.344. The molecule has 35 heavy (non-hydrogen) atoms. The fourth-order valence-corrected chi connectivity index (χ4v) is 5.90. The van der Waals surface area contributed by atoms with E-state index in [0.717, 1.165) is 11.1 Å². The first kappa shape index (κ1) is 26.8. The number of carbonyl (C=O) groups is 1. The van der Waals surface area contributed by atoms with E-state index >= 15 is 0 Å². The Bertz CT molecular complexity index is 937. The smallest absolute Gasteiger partial charge is 0.240 e. The molecular formula is C24H32ClFN2O6S. The van der Waals surface area contributed by atoms with Gasteiger partial charge in [-0.25, -0.2) is 4.39 Å². The number of rotatable bonds is 6. The predicted molar refractivity (Wildman–Crippen MR) is 131 cm³/mol. The van der Waals surface area contributed by atoms with E-state index in [1.54, 1.807) is 19.2 Å². The Hall–Kier alpha value is -1.24. The fraction of sp³-hybridized carbons (Fsp3) is 0.625. The molecule has 3 aliphatic rings. The lowest BCUT2D eigenvalue weighted by atomic mass is 9.92. The molecule has 8 nitrogen and oxygen atoms in total. The topological polar surface area (TPSA) is 120 Å². The minimum absolute atomic E-state index is 0.0900. The van der Waals surface area contributed by atoms with Crippen LogP contribution in [-0.4, -0.2) is 94.1 Å². The van der Waals surface area contributed by atoms with Crippen molar-refractivity contribution in [3.05, 3.63) is 41.7 Å². The summed E-state index contributed by atoms with van der Waals surface area (Å²) in [6.07, 6.45) is -1.24. The van der Waals surface area contributed by atoms with Crippen molar-refractivity contribution in [1.82, 2.24) is 10.6 Å². The molecule has 10 atom stereocenters. The van der Waals surface area contributed by atoms with E-state index in [-0.39, 0.29) is 17.6 Å². The highest BCUT2D eigenvalue weighted by molar-refractivity contribution is 7.99. The monoisotopic (exact) mass is 530 g/mol. The maximum Gasteiger partial charge on any atom is 0.240 e. The molecule has 1 aromatic rings. The van der Waals surface area contributed by atoms with Gasteiger partial charge in [-0.3, -0.25) is 4.79 Å². The number of thioether (sulfide) groups is 1. The fourth-order valence-electron chi connectivity index (χ4n) is 5.01. The zero-order chi connectivity index (χ0) is 25.3. The van der Waals surface area contributed by atoms with Crippen LogP contribution in [-0.2, 0) is 14.3 Å². The van der Waals surface area contributed by atoms with Crippen LogP contribution in [0.3, 0.4) is 0 Å². The lowest BCUT2D eigenvalue weighted by Gasteiger charge is -2.44. The number of alkyl halides is 1. The highest BCUT2D eigenvalue weighted by Crippen LogP contribution is 2.32. The SMILES string of the molecule is CSC1O[C@H]([C@H](NC(=O)[C@H]2NC[C@@H]3C=C(c4cccc(F)c4)CCO[C@@H]23)[C@H](C)Cl)C(O)C(O)[C@H]1O. The van der Waals surface area contributed by atoms with Gasteiger partial charge in [-0.2, -0.15) is 0 Å². The van der Waals surface area contributed by atoms with Gasteiger partial charge in [0.05, 0.1) is 24.1 Å². The van der Waals surface area contributed by atoms with Gasteiger partial charge in [0.2, 0.25) is 5.91 Å². The van der Waals surface area contributed by atoms with Crippen LogP contribution in [0, 0.1) is 11.7 Å². The molecule has 3 aliphatic heterocycles. The molecule has 0 aliphatic carbocycles. The zero-order valence-electron chi connectivity index (χ0n) is 19.5.